The van der Waals surface area contributed by atoms with Crippen LogP contribution in [-0.2, 0) is 0 Å². The minimum Gasteiger partial charge on any atom is -0.491 e. The molecule has 0 aromatic heterocycles. The van der Waals surface area contributed by atoms with Crippen LogP contribution in [0.4, 0.5) is 22.7 Å². The van der Waals surface area contributed by atoms with E-state index >= 15 is 0 Å². The lowest BCUT2D eigenvalue weighted by Crippen LogP contribution is -2.29. The molecule has 2 aromatic rings. The number of hydrogen-bond donors (Lipinski definition) is 2. The Morgan fingerprint density at radius 2 is 0.976 bits per heavy atom. The number of anilines is 2. The highest BCUT2D eigenvalue weighted by Gasteiger charge is 2.21. The van der Waals surface area contributed by atoms with Gasteiger partial charge in [-0.25, -0.2) is 0 Å². The van der Waals surface area contributed by atoms with Crippen LogP contribution in [0.5, 0.6) is 11.5 Å². The van der Waals surface area contributed by atoms with Crippen molar-refractivity contribution in [1.82, 2.24) is 19.6 Å². The van der Waals surface area contributed by atoms with E-state index in [0.717, 1.165) is 91.4 Å². The summed E-state index contributed by atoms with van der Waals surface area (Å²) >= 11 is 0. The lowest BCUT2D eigenvalue weighted by Gasteiger charge is -2.20. The van der Waals surface area contributed by atoms with Crippen molar-refractivity contribution < 1.29 is 19.3 Å². The molecule has 0 amide bonds. The van der Waals surface area contributed by atoms with E-state index < -0.39 is 9.85 Å². The van der Waals surface area contributed by atoms with Crippen LogP contribution in [0.2, 0.25) is 0 Å². The van der Waals surface area contributed by atoms with Crippen molar-refractivity contribution in [2.45, 2.75) is 25.7 Å². The molecule has 42 heavy (non-hydrogen) atoms. The average molecular weight is 587 g/mol. The molecule has 0 radical (unpaired) electrons. The highest BCUT2D eigenvalue weighted by molar-refractivity contribution is 5.58. The maximum absolute atomic E-state index is 11.0. The van der Waals surface area contributed by atoms with Gasteiger partial charge in [0.2, 0.25) is 0 Å². The van der Waals surface area contributed by atoms with Gasteiger partial charge in [-0.3, -0.25) is 39.8 Å². The van der Waals surface area contributed by atoms with Crippen LogP contribution in [0, 0.1) is 20.2 Å². The standard InChI is InChI=1S/C28H42N8O6/c29-25-7-5-23(35(37)38)19-27(25)41-17-3-11-33-15-13-31(21-33)9-1-2-10-32-14-16-34(22-32)12-4-18-42-28-20-24(36(39)40)6-8-26(28)30/h5-8,19-20H,1-4,9-18,21-22,29-30H2. The number of nitro benzene ring substituents is 2. The first kappa shape index (κ1) is 31.2. The normalized spacial score (nSPS) is 16.7. The van der Waals surface area contributed by atoms with Gasteiger partial charge < -0.3 is 20.9 Å². The van der Waals surface area contributed by atoms with Gasteiger partial charge in [0.05, 0.1) is 59.9 Å². The number of rotatable bonds is 17. The fraction of sp³-hybridized carbons (Fsp3) is 0.571. The van der Waals surface area contributed by atoms with Gasteiger partial charge in [0.25, 0.3) is 11.4 Å². The Balaban J connectivity index is 1.01. The number of non-ortho nitro benzene ring substituents is 2. The molecule has 0 aliphatic carbocycles. The predicted molar refractivity (Wildman–Crippen MR) is 161 cm³/mol. The maximum Gasteiger partial charge on any atom is 0.273 e. The molecule has 0 saturated carbocycles. The summed E-state index contributed by atoms with van der Waals surface area (Å²) in [6.45, 7) is 11.1. The molecule has 2 aliphatic heterocycles. The third-order valence-electron chi connectivity index (χ3n) is 7.63. The molecule has 2 aliphatic rings. The Labute approximate surface area is 246 Å². The first-order valence-corrected chi connectivity index (χ1v) is 14.5. The molecule has 4 N–H and O–H groups in total. The SMILES string of the molecule is Nc1ccc([N+](=O)[O-])cc1OCCCN1CCN(CCCCN2CCN(CCCOc3cc([N+](=O)[O-])ccc3N)C2)C1. The van der Waals surface area contributed by atoms with Crippen LogP contribution in [0.1, 0.15) is 25.7 Å². The summed E-state index contributed by atoms with van der Waals surface area (Å²) in [6, 6.07) is 8.53. The van der Waals surface area contributed by atoms with E-state index in [2.05, 4.69) is 19.6 Å². The van der Waals surface area contributed by atoms with Gasteiger partial charge in [-0.15, -0.1) is 0 Å². The Hall–Kier alpha value is -3.72. The predicted octanol–water partition coefficient (Wildman–Crippen LogP) is 2.84. The summed E-state index contributed by atoms with van der Waals surface area (Å²) < 4.78 is 11.4. The van der Waals surface area contributed by atoms with E-state index in [0.29, 0.717) is 36.1 Å². The number of nitrogens with zero attached hydrogens (tertiary/aromatic N) is 6. The second-order valence-corrected chi connectivity index (χ2v) is 10.8. The highest BCUT2D eigenvalue weighted by atomic mass is 16.6. The van der Waals surface area contributed by atoms with Crippen LogP contribution in [0.15, 0.2) is 36.4 Å². The fourth-order valence-corrected chi connectivity index (χ4v) is 5.28. The molecule has 0 spiro atoms. The summed E-state index contributed by atoms with van der Waals surface area (Å²) in [4.78, 5) is 30.8. The average Bonchev–Trinajstić information content (AvgIpc) is 3.62. The molecular weight excluding hydrogens is 544 g/mol. The second kappa shape index (κ2) is 15.5. The van der Waals surface area contributed by atoms with Crippen LogP contribution in [0.3, 0.4) is 0 Å². The number of benzene rings is 2. The molecule has 0 unspecified atom stereocenters. The van der Waals surface area contributed by atoms with Gasteiger partial charge in [0, 0.05) is 51.4 Å². The fourth-order valence-electron chi connectivity index (χ4n) is 5.28. The quantitative estimate of drug-likeness (QED) is 0.120. The smallest absolute Gasteiger partial charge is 0.273 e. The van der Waals surface area contributed by atoms with Crippen LogP contribution in [0.25, 0.3) is 0 Å². The molecule has 2 aromatic carbocycles. The number of nitrogen functional groups attached to an aromatic ring is 2. The summed E-state index contributed by atoms with van der Waals surface area (Å²) in [6.07, 6.45) is 3.99. The van der Waals surface area contributed by atoms with E-state index in [9.17, 15) is 20.2 Å². The van der Waals surface area contributed by atoms with E-state index in [1.54, 1.807) is 0 Å². The number of nitro groups is 2. The summed E-state index contributed by atoms with van der Waals surface area (Å²) in [5, 5.41) is 21.9. The number of hydrogen-bond acceptors (Lipinski definition) is 12. The topological polar surface area (TPSA) is 170 Å². The zero-order chi connectivity index (χ0) is 29.9. The zero-order valence-electron chi connectivity index (χ0n) is 24.1. The molecule has 0 bridgehead atoms. The van der Waals surface area contributed by atoms with Gasteiger partial charge in [-0.2, -0.15) is 0 Å². The highest BCUT2D eigenvalue weighted by Crippen LogP contribution is 2.28. The minimum absolute atomic E-state index is 0.0228. The van der Waals surface area contributed by atoms with Crippen molar-refractivity contribution in [3.05, 3.63) is 56.6 Å². The van der Waals surface area contributed by atoms with Crippen LogP contribution < -0.4 is 20.9 Å². The first-order chi connectivity index (χ1) is 20.3. The van der Waals surface area contributed by atoms with Crippen LogP contribution in [-0.4, -0.2) is 108 Å². The largest absolute Gasteiger partial charge is 0.491 e. The molecular formula is C28H42N8O6. The third kappa shape index (κ3) is 9.41. The van der Waals surface area contributed by atoms with E-state index in [1.165, 1.54) is 36.4 Å². The Kier molecular flexibility index (Phi) is 11.5. The molecule has 14 heteroatoms. The molecule has 14 nitrogen and oxygen atoms in total. The van der Waals surface area contributed by atoms with E-state index in [1.807, 2.05) is 0 Å². The lowest BCUT2D eigenvalue weighted by atomic mass is 10.2. The Morgan fingerprint density at radius 1 is 0.619 bits per heavy atom. The van der Waals surface area contributed by atoms with Crippen molar-refractivity contribution >= 4 is 22.7 Å². The zero-order valence-corrected chi connectivity index (χ0v) is 24.1. The maximum atomic E-state index is 11.0. The van der Waals surface area contributed by atoms with Gasteiger partial charge in [-0.1, -0.05) is 0 Å². The van der Waals surface area contributed by atoms with Crippen molar-refractivity contribution in [3.8, 4) is 11.5 Å². The Bertz CT molecular complexity index is 1110. The van der Waals surface area contributed by atoms with Gasteiger partial charge in [0.15, 0.2) is 0 Å². The summed E-state index contributed by atoms with van der Waals surface area (Å²) in [5.41, 5.74) is 12.5. The number of nitrogens with two attached hydrogens (primary N) is 2. The van der Waals surface area contributed by atoms with Crippen molar-refractivity contribution in [2.75, 3.05) is 90.4 Å². The van der Waals surface area contributed by atoms with E-state index in [4.69, 9.17) is 20.9 Å². The van der Waals surface area contributed by atoms with Crippen molar-refractivity contribution in [1.29, 1.82) is 0 Å². The van der Waals surface area contributed by atoms with Crippen LogP contribution >= 0.6 is 0 Å². The van der Waals surface area contributed by atoms with Crippen molar-refractivity contribution in [2.24, 2.45) is 0 Å². The third-order valence-corrected chi connectivity index (χ3v) is 7.63. The molecule has 230 valence electrons. The summed E-state index contributed by atoms with van der Waals surface area (Å²) in [7, 11) is 0. The molecule has 0 atom stereocenters. The minimum atomic E-state index is -0.450. The second-order valence-electron chi connectivity index (χ2n) is 10.8. The molecule has 2 fully saturated rings. The molecule has 2 saturated heterocycles. The van der Waals surface area contributed by atoms with Crippen molar-refractivity contribution in [3.63, 3.8) is 0 Å². The lowest BCUT2D eigenvalue weighted by molar-refractivity contribution is -0.385. The van der Waals surface area contributed by atoms with Gasteiger partial charge >= 0.3 is 0 Å². The summed E-state index contributed by atoms with van der Waals surface area (Å²) in [5.74, 6) is 0.734. The Morgan fingerprint density at radius 3 is 1.33 bits per heavy atom. The number of unbranched alkanes of at least 4 members (excludes halogenated alkanes) is 1. The van der Waals surface area contributed by atoms with Gasteiger partial charge in [-0.05, 0) is 50.9 Å². The monoisotopic (exact) mass is 586 g/mol. The molecule has 2 heterocycles. The first-order valence-electron chi connectivity index (χ1n) is 14.5. The molecule has 4 rings (SSSR count). The van der Waals surface area contributed by atoms with Gasteiger partial charge in [0.1, 0.15) is 11.5 Å². The number of ether oxygens (including phenoxy) is 2. The van der Waals surface area contributed by atoms with E-state index in [-0.39, 0.29) is 11.4 Å².